The number of rotatable bonds is 4. The molecule has 0 amide bonds. The predicted molar refractivity (Wildman–Crippen MR) is 78.0 cm³/mol. The predicted octanol–water partition coefficient (Wildman–Crippen LogP) is 1.80. The summed E-state index contributed by atoms with van der Waals surface area (Å²) >= 11 is 0. The second-order valence-electron chi connectivity index (χ2n) is 5.95. The van der Waals surface area contributed by atoms with Crippen molar-refractivity contribution in [1.29, 1.82) is 0 Å². The molecule has 0 atom stereocenters. The first kappa shape index (κ1) is 13.6. The van der Waals surface area contributed by atoms with Crippen LogP contribution in [0.4, 0.5) is 10.2 Å². The maximum absolute atomic E-state index is 13.7. The van der Waals surface area contributed by atoms with E-state index in [1.165, 1.54) is 25.4 Å². The number of hydrogen-bond donors (Lipinski definition) is 0. The highest BCUT2D eigenvalue weighted by molar-refractivity contribution is 5.38. The van der Waals surface area contributed by atoms with Gasteiger partial charge >= 0.3 is 0 Å². The summed E-state index contributed by atoms with van der Waals surface area (Å²) in [5.41, 5.74) is 0.989. The van der Waals surface area contributed by atoms with Crippen molar-refractivity contribution < 1.29 is 8.91 Å². The van der Waals surface area contributed by atoms with Crippen LogP contribution in [0.5, 0.6) is 0 Å². The molecular weight excluding hydrogens is 285 g/mol. The van der Waals surface area contributed by atoms with Crippen LogP contribution in [-0.4, -0.2) is 46.2 Å². The lowest BCUT2D eigenvalue weighted by Gasteiger charge is -2.34. The minimum absolute atomic E-state index is 0.360. The summed E-state index contributed by atoms with van der Waals surface area (Å²) in [5.74, 6) is 1.66. The van der Waals surface area contributed by atoms with E-state index in [0.717, 1.165) is 44.2 Å². The van der Waals surface area contributed by atoms with E-state index in [1.807, 2.05) is 4.90 Å². The molecule has 116 valence electrons. The van der Waals surface area contributed by atoms with E-state index in [0.29, 0.717) is 11.7 Å². The molecule has 0 radical (unpaired) electrons. The van der Waals surface area contributed by atoms with Gasteiger partial charge in [0, 0.05) is 44.7 Å². The SMILES string of the molecule is Fc1cncnc1N1CCN(Cc2cc(C3CC3)on2)CC1. The molecule has 6 nitrogen and oxygen atoms in total. The Labute approximate surface area is 127 Å². The van der Waals surface area contributed by atoms with E-state index in [9.17, 15) is 4.39 Å². The quantitative estimate of drug-likeness (QED) is 0.858. The third-order valence-electron chi connectivity index (χ3n) is 4.26. The monoisotopic (exact) mass is 303 g/mol. The van der Waals surface area contributed by atoms with E-state index >= 15 is 0 Å². The van der Waals surface area contributed by atoms with E-state index in [1.54, 1.807) is 0 Å². The molecule has 1 saturated carbocycles. The van der Waals surface area contributed by atoms with Crippen LogP contribution < -0.4 is 4.90 Å². The number of aromatic nitrogens is 3. The van der Waals surface area contributed by atoms with Crippen molar-refractivity contribution >= 4 is 5.82 Å². The van der Waals surface area contributed by atoms with Gasteiger partial charge in [0.2, 0.25) is 0 Å². The Morgan fingerprint density at radius 1 is 1.23 bits per heavy atom. The van der Waals surface area contributed by atoms with Crippen LogP contribution in [0.2, 0.25) is 0 Å². The van der Waals surface area contributed by atoms with Crippen LogP contribution >= 0.6 is 0 Å². The van der Waals surface area contributed by atoms with Gasteiger partial charge in [0.15, 0.2) is 11.6 Å². The fourth-order valence-electron chi connectivity index (χ4n) is 2.85. The van der Waals surface area contributed by atoms with Gasteiger partial charge in [-0.1, -0.05) is 5.16 Å². The smallest absolute Gasteiger partial charge is 0.183 e. The minimum Gasteiger partial charge on any atom is -0.361 e. The molecule has 4 rings (SSSR count). The van der Waals surface area contributed by atoms with Crippen LogP contribution in [0.1, 0.15) is 30.2 Å². The molecule has 0 bridgehead atoms. The Bertz CT molecular complexity index is 649. The lowest BCUT2D eigenvalue weighted by Crippen LogP contribution is -2.46. The van der Waals surface area contributed by atoms with Crippen LogP contribution in [0.25, 0.3) is 0 Å². The zero-order valence-corrected chi connectivity index (χ0v) is 12.3. The number of hydrogen-bond acceptors (Lipinski definition) is 6. The second kappa shape index (κ2) is 5.64. The topological polar surface area (TPSA) is 58.3 Å². The molecule has 2 fully saturated rings. The molecule has 0 unspecified atom stereocenters. The molecule has 3 heterocycles. The zero-order chi connectivity index (χ0) is 14.9. The van der Waals surface area contributed by atoms with Crippen LogP contribution in [0.15, 0.2) is 23.1 Å². The molecule has 2 aromatic heterocycles. The summed E-state index contributed by atoms with van der Waals surface area (Å²) in [5, 5.41) is 4.15. The molecular formula is C15H18FN5O. The molecule has 0 N–H and O–H groups in total. The molecule has 22 heavy (non-hydrogen) atoms. The van der Waals surface area contributed by atoms with Crippen molar-refractivity contribution in [3.63, 3.8) is 0 Å². The lowest BCUT2D eigenvalue weighted by atomic mass is 10.2. The number of nitrogens with zero attached hydrogens (tertiary/aromatic N) is 5. The molecule has 1 aliphatic carbocycles. The van der Waals surface area contributed by atoms with Crippen molar-refractivity contribution in [2.24, 2.45) is 0 Å². The summed E-state index contributed by atoms with van der Waals surface area (Å²) in [6.07, 6.45) is 5.04. The molecule has 7 heteroatoms. The molecule has 1 saturated heterocycles. The van der Waals surface area contributed by atoms with Gasteiger partial charge in [-0.3, -0.25) is 4.90 Å². The second-order valence-corrected chi connectivity index (χ2v) is 5.95. The highest BCUT2D eigenvalue weighted by atomic mass is 19.1. The van der Waals surface area contributed by atoms with Gasteiger partial charge in [0.05, 0.1) is 11.9 Å². The lowest BCUT2D eigenvalue weighted by molar-refractivity contribution is 0.240. The van der Waals surface area contributed by atoms with E-state index in [-0.39, 0.29) is 5.82 Å². The van der Waals surface area contributed by atoms with Gasteiger partial charge in [-0.05, 0) is 12.8 Å². The summed E-state index contributed by atoms with van der Waals surface area (Å²) in [6.45, 7) is 4.00. The van der Waals surface area contributed by atoms with E-state index in [4.69, 9.17) is 4.52 Å². The largest absolute Gasteiger partial charge is 0.361 e. The highest BCUT2D eigenvalue weighted by Gasteiger charge is 2.28. The first-order chi connectivity index (χ1) is 10.8. The zero-order valence-electron chi connectivity index (χ0n) is 12.3. The van der Waals surface area contributed by atoms with Gasteiger partial charge in [-0.25, -0.2) is 14.4 Å². The average molecular weight is 303 g/mol. The summed E-state index contributed by atoms with van der Waals surface area (Å²) in [6, 6.07) is 2.08. The van der Waals surface area contributed by atoms with Crippen molar-refractivity contribution in [2.75, 3.05) is 31.1 Å². The Hall–Kier alpha value is -2.02. The number of anilines is 1. The maximum atomic E-state index is 13.7. The normalized spacial score (nSPS) is 19.6. The van der Waals surface area contributed by atoms with Crippen molar-refractivity contribution in [3.05, 3.63) is 35.9 Å². The van der Waals surface area contributed by atoms with Gasteiger partial charge in [0.1, 0.15) is 12.1 Å². The summed E-state index contributed by atoms with van der Waals surface area (Å²) in [4.78, 5) is 12.0. The summed E-state index contributed by atoms with van der Waals surface area (Å²) < 4.78 is 19.1. The van der Waals surface area contributed by atoms with Crippen molar-refractivity contribution in [3.8, 4) is 0 Å². The molecule has 2 aromatic rings. The van der Waals surface area contributed by atoms with Crippen LogP contribution in [0.3, 0.4) is 0 Å². The Kier molecular flexibility index (Phi) is 3.49. The first-order valence-electron chi connectivity index (χ1n) is 7.68. The standard InChI is InChI=1S/C15H18FN5O/c16-13-8-17-10-18-15(13)21-5-3-20(4-6-21)9-12-7-14(22-19-12)11-1-2-11/h7-8,10-11H,1-6,9H2. The van der Waals surface area contributed by atoms with Gasteiger partial charge in [0.25, 0.3) is 0 Å². The van der Waals surface area contributed by atoms with E-state index < -0.39 is 0 Å². The maximum Gasteiger partial charge on any atom is 0.183 e. The number of halogens is 1. The first-order valence-corrected chi connectivity index (χ1v) is 7.68. The third-order valence-corrected chi connectivity index (χ3v) is 4.26. The Morgan fingerprint density at radius 2 is 2.05 bits per heavy atom. The van der Waals surface area contributed by atoms with Crippen molar-refractivity contribution in [2.45, 2.75) is 25.3 Å². The Morgan fingerprint density at radius 3 is 2.77 bits per heavy atom. The summed E-state index contributed by atoms with van der Waals surface area (Å²) in [7, 11) is 0. The minimum atomic E-state index is -0.360. The molecule has 2 aliphatic rings. The third kappa shape index (κ3) is 2.81. The fourth-order valence-corrected chi connectivity index (χ4v) is 2.85. The molecule has 0 spiro atoms. The van der Waals surface area contributed by atoms with Gasteiger partial charge in [-0.15, -0.1) is 0 Å². The number of piperazine rings is 1. The average Bonchev–Trinajstić information content (AvgIpc) is 3.29. The molecule has 0 aromatic carbocycles. The van der Waals surface area contributed by atoms with E-state index in [2.05, 4.69) is 26.1 Å². The fraction of sp³-hybridized carbons (Fsp3) is 0.533. The van der Waals surface area contributed by atoms with Crippen molar-refractivity contribution in [1.82, 2.24) is 20.0 Å². The highest BCUT2D eigenvalue weighted by Crippen LogP contribution is 2.40. The Balaban J connectivity index is 1.34. The van der Waals surface area contributed by atoms with Gasteiger partial charge in [-0.2, -0.15) is 0 Å². The van der Waals surface area contributed by atoms with Gasteiger partial charge < -0.3 is 9.42 Å². The van der Waals surface area contributed by atoms with Crippen LogP contribution in [-0.2, 0) is 6.54 Å². The van der Waals surface area contributed by atoms with Crippen LogP contribution in [0, 0.1) is 5.82 Å². The molecule has 1 aliphatic heterocycles.